The Morgan fingerprint density at radius 2 is 1.89 bits per heavy atom. The van der Waals surface area contributed by atoms with Gasteiger partial charge in [-0.15, -0.1) is 0 Å². The van der Waals surface area contributed by atoms with E-state index in [4.69, 9.17) is 11.6 Å². The molecule has 0 aromatic heterocycles. The number of halogens is 2. The Bertz CT molecular complexity index is 437. The maximum Gasteiger partial charge on any atom is 0.152 e. The first-order valence-electron chi connectivity index (χ1n) is 6.07. The summed E-state index contributed by atoms with van der Waals surface area (Å²) in [6.45, 7) is 9.87. The summed E-state index contributed by atoms with van der Waals surface area (Å²) in [6.07, 6.45) is 0.640. The van der Waals surface area contributed by atoms with Crippen LogP contribution in [-0.2, 0) is 11.2 Å². The first kappa shape index (κ1) is 15.7. The maximum atomic E-state index is 12.2. The number of carbonyl (C=O) groups is 1. The summed E-state index contributed by atoms with van der Waals surface area (Å²) in [4.78, 5) is 12.0. The molecule has 1 atom stereocenters. The Hall–Kier alpha value is -0.340. The lowest BCUT2D eigenvalue weighted by molar-refractivity contribution is -0.125. The highest BCUT2D eigenvalue weighted by Gasteiger charge is 2.28. The zero-order valence-electron chi connectivity index (χ0n) is 11.6. The van der Waals surface area contributed by atoms with Crippen LogP contribution >= 0.6 is 27.5 Å². The van der Waals surface area contributed by atoms with Crippen LogP contribution in [0.2, 0.25) is 5.02 Å². The molecule has 0 radical (unpaired) electrons. The fourth-order valence-corrected chi connectivity index (χ4v) is 3.35. The van der Waals surface area contributed by atoms with Crippen LogP contribution in [0.15, 0.2) is 12.1 Å². The molecule has 18 heavy (non-hydrogen) atoms. The van der Waals surface area contributed by atoms with Crippen LogP contribution < -0.4 is 0 Å². The average molecular weight is 332 g/mol. The highest BCUT2D eigenvalue weighted by molar-refractivity contribution is 9.10. The van der Waals surface area contributed by atoms with Crippen LogP contribution in [0.25, 0.3) is 0 Å². The molecule has 0 amide bonds. The lowest BCUT2D eigenvalue weighted by atomic mass is 9.86. The minimum atomic E-state index is -0.334. The van der Waals surface area contributed by atoms with Crippen LogP contribution in [-0.4, -0.2) is 10.6 Å². The first-order valence-corrected chi connectivity index (χ1v) is 7.36. The van der Waals surface area contributed by atoms with Gasteiger partial charge in [-0.3, -0.25) is 4.79 Å². The van der Waals surface area contributed by atoms with Gasteiger partial charge in [0.2, 0.25) is 0 Å². The quantitative estimate of drug-likeness (QED) is 0.722. The minimum Gasteiger partial charge on any atom is -0.298 e. The fraction of sp³-hybridized carbons (Fsp3) is 0.533. The van der Waals surface area contributed by atoms with Crippen molar-refractivity contribution in [2.45, 2.75) is 45.9 Å². The van der Waals surface area contributed by atoms with Crippen molar-refractivity contribution in [2.24, 2.45) is 5.41 Å². The minimum absolute atomic E-state index is 0.184. The third-order valence-electron chi connectivity index (χ3n) is 2.97. The Labute approximate surface area is 123 Å². The van der Waals surface area contributed by atoms with Gasteiger partial charge in [-0.25, -0.2) is 0 Å². The molecule has 0 fully saturated rings. The lowest BCUT2D eigenvalue weighted by Gasteiger charge is -2.21. The van der Waals surface area contributed by atoms with E-state index in [2.05, 4.69) is 22.0 Å². The topological polar surface area (TPSA) is 17.1 Å². The number of Topliss-reactive ketones (excluding diaryl/α,β-unsaturated/α-hetero) is 1. The van der Waals surface area contributed by atoms with Gasteiger partial charge in [-0.1, -0.05) is 54.4 Å². The van der Waals surface area contributed by atoms with E-state index < -0.39 is 0 Å². The molecular weight excluding hydrogens is 312 g/mol. The third-order valence-corrected chi connectivity index (χ3v) is 4.05. The highest BCUT2D eigenvalue weighted by Crippen LogP contribution is 2.28. The second kappa shape index (κ2) is 5.75. The normalized spacial score (nSPS) is 13.5. The van der Waals surface area contributed by atoms with Crippen molar-refractivity contribution in [1.82, 2.24) is 0 Å². The van der Waals surface area contributed by atoms with Crippen molar-refractivity contribution in [1.29, 1.82) is 0 Å². The molecule has 1 rings (SSSR count). The number of hydrogen-bond donors (Lipinski definition) is 0. The van der Waals surface area contributed by atoms with Crippen LogP contribution in [0.4, 0.5) is 0 Å². The van der Waals surface area contributed by atoms with Gasteiger partial charge in [0.05, 0.1) is 4.83 Å². The molecule has 3 heteroatoms. The first-order chi connectivity index (χ1) is 8.12. The van der Waals surface area contributed by atoms with Crippen molar-refractivity contribution in [3.05, 3.63) is 33.8 Å². The molecule has 0 saturated heterocycles. The van der Waals surface area contributed by atoms with E-state index in [-0.39, 0.29) is 16.0 Å². The average Bonchev–Trinajstić information content (AvgIpc) is 2.20. The molecule has 0 N–H and O–H groups in total. The summed E-state index contributed by atoms with van der Waals surface area (Å²) in [5, 5.41) is 0.749. The predicted molar refractivity (Wildman–Crippen MR) is 81.8 cm³/mol. The zero-order valence-corrected chi connectivity index (χ0v) is 13.9. The highest BCUT2D eigenvalue weighted by atomic mass is 79.9. The standard InChI is InChI=1S/C15H20BrClO/c1-9-6-10(2)11(13(17)7-9)8-12(16)14(18)15(3,4)5/h6-7,12H,8H2,1-5H3. The molecule has 0 bridgehead atoms. The second-order valence-corrected chi connectivity index (χ2v) is 7.34. The second-order valence-electron chi connectivity index (χ2n) is 5.83. The van der Waals surface area contributed by atoms with Crippen LogP contribution in [0, 0.1) is 19.3 Å². The van der Waals surface area contributed by atoms with E-state index in [1.165, 1.54) is 0 Å². The van der Waals surface area contributed by atoms with Gasteiger partial charge in [0.1, 0.15) is 0 Å². The summed E-state index contributed by atoms with van der Waals surface area (Å²) < 4.78 is 0. The molecule has 1 aromatic rings. The van der Waals surface area contributed by atoms with Gasteiger partial charge < -0.3 is 0 Å². The number of carbonyl (C=O) groups excluding carboxylic acids is 1. The van der Waals surface area contributed by atoms with Crippen LogP contribution in [0.1, 0.15) is 37.5 Å². The Morgan fingerprint density at radius 3 is 2.33 bits per heavy atom. The van der Waals surface area contributed by atoms with Crippen molar-refractivity contribution in [3.63, 3.8) is 0 Å². The molecule has 0 aliphatic rings. The SMILES string of the molecule is Cc1cc(C)c(CC(Br)C(=O)C(C)(C)C)c(Cl)c1. The number of hydrogen-bond acceptors (Lipinski definition) is 1. The van der Waals surface area contributed by atoms with E-state index in [1.54, 1.807) is 0 Å². The molecule has 0 spiro atoms. The summed E-state index contributed by atoms with van der Waals surface area (Å²) >= 11 is 9.76. The molecular formula is C15H20BrClO. The summed E-state index contributed by atoms with van der Waals surface area (Å²) in [5.41, 5.74) is 3.02. The van der Waals surface area contributed by atoms with Gasteiger partial charge in [0.15, 0.2) is 5.78 Å². The van der Waals surface area contributed by atoms with Gasteiger partial charge in [0, 0.05) is 10.4 Å². The van der Waals surface area contributed by atoms with Crippen molar-refractivity contribution in [3.8, 4) is 0 Å². The molecule has 0 aliphatic heterocycles. The van der Waals surface area contributed by atoms with Crippen LogP contribution in [0.5, 0.6) is 0 Å². The molecule has 0 saturated carbocycles. The van der Waals surface area contributed by atoms with Gasteiger partial charge in [-0.2, -0.15) is 0 Å². The summed E-state index contributed by atoms with van der Waals surface area (Å²) in [5.74, 6) is 0.207. The van der Waals surface area contributed by atoms with E-state index in [0.717, 1.165) is 21.7 Å². The smallest absolute Gasteiger partial charge is 0.152 e. The molecule has 100 valence electrons. The molecule has 0 heterocycles. The van der Waals surface area contributed by atoms with Crippen molar-refractivity contribution in [2.75, 3.05) is 0 Å². The van der Waals surface area contributed by atoms with Gasteiger partial charge in [0.25, 0.3) is 0 Å². The summed E-state index contributed by atoms with van der Waals surface area (Å²) in [6, 6.07) is 4.05. The summed E-state index contributed by atoms with van der Waals surface area (Å²) in [7, 11) is 0. The predicted octanol–water partition coefficient (Wildman–Crippen LogP) is 4.88. The third kappa shape index (κ3) is 3.83. The van der Waals surface area contributed by atoms with Gasteiger partial charge in [-0.05, 0) is 43.0 Å². The number of rotatable bonds is 3. The lowest BCUT2D eigenvalue weighted by Crippen LogP contribution is -2.30. The van der Waals surface area contributed by atoms with E-state index >= 15 is 0 Å². The number of benzene rings is 1. The van der Waals surface area contributed by atoms with E-state index in [0.29, 0.717) is 6.42 Å². The Kier molecular flexibility index (Phi) is 5.02. The molecule has 1 nitrogen and oxygen atoms in total. The van der Waals surface area contributed by atoms with E-state index in [9.17, 15) is 4.79 Å². The van der Waals surface area contributed by atoms with Crippen LogP contribution in [0.3, 0.4) is 0 Å². The molecule has 1 unspecified atom stereocenters. The van der Waals surface area contributed by atoms with E-state index in [1.807, 2.05) is 40.7 Å². The monoisotopic (exact) mass is 330 g/mol. The largest absolute Gasteiger partial charge is 0.298 e. The number of ketones is 1. The van der Waals surface area contributed by atoms with Crippen molar-refractivity contribution >= 4 is 33.3 Å². The number of alkyl halides is 1. The van der Waals surface area contributed by atoms with Gasteiger partial charge >= 0.3 is 0 Å². The Morgan fingerprint density at radius 1 is 1.33 bits per heavy atom. The molecule has 0 aliphatic carbocycles. The maximum absolute atomic E-state index is 12.2. The Balaban J connectivity index is 2.96. The fourth-order valence-electron chi connectivity index (χ4n) is 1.95. The molecule has 1 aromatic carbocycles. The zero-order chi connectivity index (χ0) is 14.1. The van der Waals surface area contributed by atoms with Crippen molar-refractivity contribution < 1.29 is 4.79 Å². The number of aryl methyl sites for hydroxylation is 2.